The molecule has 9 heteroatoms. The van der Waals surface area contributed by atoms with Gasteiger partial charge in [-0.05, 0) is 17.7 Å². The summed E-state index contributed by atoms with van der Waals surface area (Å²) in [4.78, 5) is 29.2. The first kappa shape index (κ1) is 20.6. The van der Waals surface area contributed by atoms with E-state index in [1.165, 1.54) is 11.3 Å². The van der Waals surface area contributed by atoms with Crippen LogP contribution in [0.1, 0.15) is 48.5 Å². The number of aromatic nitrogens is 1. The van der Waals surface area contributed by atoms with E-state index in [4.69, 9.17) is 16.3 Å². The number of benzene rings is 1. The van der Waals surface area contributed by atoms with Gasteiger partial charge in [-0.15, -0.1) is 0 Å². The van der Waals surface area contributed by atoms with Crippen molar-refractivity contribution in [3.63, 3.8) is 0 Å². The second-order valence-electron chi connectivity index (χ2n) is 6.88. The van der Waals surface area contributed by atoms with E-state index in [1.54, 1.807) is 19.4 Å². The number of nitrogens with zero attached hydrogens (tertiary/aromatic N) is 1. The Kier molecular flexibility index (Phi) is 6.53. The molecule has 1 aliphatic heterocycles. The SMILES string of the molecule is COc1ncc(C2CC(=O)NC(c3cc(CNC(=O)C(C)C)ccc3Cl)N2)s1. The maximum atomic E-state index is 12.3. The number of carbonyl (C=O) groups is 2. The fraction of sp³-hybridized carbons (Fsp3) is 0.421. The number of hydrogen-bond acceptors (Lipinski definition) is 6. The van der Waals surface area contributed by atoms with E-state index in [9.17, 15) is 9.59 Å². The predicted molar refractivity (Wildman–Crippen MR) is 108 cm³/mol. The molecule has 3 N–H and O–H groups in total. The van der Waals surface area contributed by atoms with Gasteiger partial charge in [0.15, 0.2) is 0 Å². The van der Waals surface area contributed by atoms with Gasteiger partial charge in [-0.25, -0.2) is 4.98 Å². The second kappa shape index (κ2) is 8.89. The highest BCUT2D eigenvalue weighted by molar-refractivity contribution is 7.13. The highest BCUT2D eigenvalue weighted by atomic mass is 35.5. The molecule has 0 radical (unpaired) electrons. The summed E-state index contributed by atoms with van der Waals surface area (Å²) in [6, 6.07) is 5.36. The van der Waals surface area contributed by atoms with Gasteiger partial charge in [0, 0.05) is 40.5 Å². The third-order valence-corrected chi connectivity index (χ3v) is 5.86. The van der Waals surface area contributed by atoms with Crippen LogP contribution in [0.4, 0.5) is 0 Å². The van der Waals surface area contributed by atoms with E-state index in [-0.39, 0.29) is 23.8 Å². The van der Waals surface area contributed by atoms with Gasteiger partial charge in [-0.2, -0.15) is 0 Å². The number of halogens is 1. The summed E-state index contributed by atoms with van der Waals surface area (Å²) in [7, 11) is 1.57. The van der Waals surface area contributed by atoms with Crippen LogP contribution < -0.4 is 20.7 Å². The van der Waals surface area contributed by atoms with Gasteiger partial charge in [0.05, 0.1) is 13.2 Å². The van der Waals surface area contributed by atoms with E-state index >= 15 is 0 Å². The number of carbonyl (C=O) groups excluding carboxylic acids is 2. The number of amides is 2. The molecule has 0 saturated carbocycles. The molecule has 1 aromatic carbocycles. The highest BCUT2D eigenvalue weighted by Gasteiger charge is 2.30. The number of ether oxygens (including phenoxy) is 1. The van der Waals surface area contributed by atoms with Crippen molar-refractivity contribution in [3.05, 3.63) is 45.4 Å². The summed E-state index contributed by atoms with van der Waals surface area (Å²) in [6.45, 7) is 4.09. The monoisotopic (exact) mass is 422 g/mol. The molecule has 2 heterocycles. The first-order valence-corrected chi connectivity index (χ1v) is 10.2. The molecule has 2 unspecified atom stereocenters. The molecule has 0 aliphatic carbocycles. The van der Waals surface area contributed by atoms with Crippen molar-refractivity contribution in [1.82, 2.24) is 20.9 Å². The molecule has 2 aromatic rings. The molecule has 7 nitrogen and oxygen atoms in total. The van der Waals surface area contributed by atoms with E-state index in [0.717, 1.165) is 16.0 Å². The molecule has 2 amide bonds. The quantitative estimate of drug-likeness (QED) is 0.665. The van der Waals surface area contributed by atoms with Crippen LogP contribution in [-0.4, -0.2) is 23.9 Å². The van der Waals surface area contributed by atoms with E-state index < -0.39 is 6.17 Å². The van der Waals surface area contributed by atoms with E-state index in [2.05, 4.69) is 20.9 Å². The summed E-state index contributed by atoms with van der Waals surface area (Å²) in [5.74, 6) is -0.168. The van der Waals surface area contributed by atoms with Crippen molar-refractivity contribution in [2.24, 2.45) is 5.92 Å². The van der Waals surface area contributed by atoms with Crippen LogP contribution in [0.15, 0.2) is 24.4 Å². The Morgan fingerprint density at radius 1 is 1.46 bits per heavy atom. The highest BCUT2D eigenvalue weighted by Crippen LogP contribution is 2.33. The molecule has 150 valence electrons. The Bertz CT molecular complexity index is 871. The van der Waals surface area contributed by atoms with Gasteiger partial charge in [-0.1, -0.05) is 42.9 Å². The van der Waals surface area contributed by atoms with Crippen molar-refractivity contribution in [2.45, 2.75) is 39.0 Å². The van der Waals surface area contributed by atoms with Crippen molar-refractivity contribution >= 4 is 34.8 Å². The van der Waals surface area contributed by atoms with Crippen LogP contribution in [0.5, 0.6) is 5.19 Å². The normalized spacial score (nSPS) is 19.4. The molecular weight excluding hydrogens is 400 g/mol. The molecular formula is C19H23ClN4O3S. The maximum Gasteiger partial charge on any atom is 0.273 e. The van der Waals surface area contributed by atoms with Gasteiger partial charge in [-0.3, -0.25) is 14.9 Å². The first-order chi connectivity index (χ1) is 13.4. The van der Waals surface area contributed by atoms with Crippen molar-refractivity contribution < 1.29 is 14.3 Å². The average molecular weight is 423 g/mol. The second-order valence-corrected chi connectivity index (χ2v) is 8.32. The van der Waals surface area contributed by atoms with Gasteiger partial charge >= 0.3 is 0 Å². The number of hydrogen-bond donors (Lipinski definition) is 3. The number of nitrogens with one attached hydrogen (secondary N) is 3. The number of methoxy groups -OCH3 is 1. The van der Waals surface area contributed by atoms with Crippen molar-refractivity contribution in [1.29, 1.82) is 0 Å². The third-order valence-electron chi connectivity index (χ3n) is 4.45. The number of thiazole rings is 1. The average Bonchev–Trinajstić information content (AvgIpc) is 3.15. The van der Waals surface area contributed by atoms with Crippen LogP contribution in [0.3, 0.4) is 0 Å². The Hall–Kier alpha value is -2.16. The lowest BCUT2D eigenvalue weighted by atomic mass is 10.0. The fourth-order valence-corrected chi connectivity index (χ4v) is 3.92. The molecule has 3 rings (SSSR count). The Labute approximate surface area is 172 Å². The van der Waals surface area contributed by atoms with Crippen LogP contribution in [0, 0.1) is 5.92 Å². The summed E-state index contributed by atoms with van der Waals surface area (Å²) < 4.78 is 5.15. The smallest absolute Gasteiger partial charge is 0.273 e. The fourth-order valence-electron chi connectivity index (χ4n) is 2.90. The lowest BCUT2D eigenvalue weighted by Crippen LogP contribution is -2.46. The summed E-state index contributed by atoms with van der Waals surface area (Å²) in [6.07, 6.45) is 1.59. The first-order valence-electron chi connectivity index (χ1n) is 8.98. The van der Waals surface area contributed by atoms with E-state index in [0.29, 0.717) is 23.2 Å². The van der Waals surface area contributed by atoms with Crippen molar-refractivity contribution in [3.8, 4) is 5.19 Å². The Morgan fingerprint density at radius 3 is 2.93 bits per heavy atom. The molecule has 0 bridgehead atoms. The minimum Gasteiger partial charge on any atom is -0.473 e. The van der Waals surface area contributed by atoms with Crippen LogP contribution in [0.25, 0.3) is 0 Å². The van der Waals surface area contributed by atoms with Crippen molar-refractivity contribution in [2.75, 3.05) is 7.11 Å². The Morgan fingerprint density at radius 2 is 2.25 bits per heavy atom. The summed E-state index contributed by atoms with van der Waals surface area (Å²) in [5, 5.41) is 10.3. The molecule has 28 heavy (non-hydrogen) atoms. The lowest BCUT2D eigenvalue weighted by molar-refractivity contribution is -0.125. The summed E-state index contributed by atoms with van der Waals surface area (Å²) in [5.41, 5.74) is 1.67. The third kappa shape index (κ3) is 4.81. The predicted octanol–water partition coefficient (Wildman–Crippen LogP) is 2.93. The number of rotatable bonds is 6. The Balaban J connectivity index is 1.78. The molecule has 2 atom stereocenters. The van der Waals surface area contributed by atoms with E-state index in [1.807, 2.05) is 26.0 Å². The van der Waals surface area contributed by atoms with Gasteiger partial charge in [0.1, 0.15) is 6.17 Å². The maximum absolute atomic E-state index is 12.3. The zero-order valence-electron chi connectivity index (χ0n) is 15.9. The molecule has 0 spiro atoms. The zero-order chi connectivity index (χ0) is 20.3. The minimum atomic E-state index is -0.437. The summed E-state index contributed by atoms with van der Waals surface area (Å²) >= 11 is 7.81. The van der Waals surface area contributed by atoms with Gasteiger partial charge in [0.25, 0.3) is 5.19 Å². The van der Waals surface area contributed by atoms with Crippen LogP contribution in [0.2, 0.25) is 5.02 Å². The largest absolute Gasteiger partial charge is 0.473 e. The van der Waals surface area contributed by atoms with Crippen LogP contribution in [-0.2, 0) is 16.1 Å². The zero-order valence-corrected chi connectivity index (χ0v) is 17.5. The van der Waals surface area contributed by atoms with Gasteiger partial charge in [0.2, 0.25) is 11.8 Å². The van der Waals surface area contributed by atoms with Gasteiger partial charge < -0.3 is 15.4 Å². The molecule has 1 saturated heterocycles. The molecule has 1 aliphatic rings. The topological polar surface area (TPSA) is 92.3 Å². The minimum absolute atomic E-state index is 0.0141. The lowest BCUT2D eigenvalue weighted by Gasteiger charge is -2.32. The standard InChI is InChI=1S/C19H23ClN4O3S/c1-10(2)18(26)21-8-11-4-5-13(20)12(6-11)17-23-14(7-16(25)24-17)15-9-22-19(27-3)28-15/h4-6,9-10,14,17,23H,7-8H2,1-3H3,(H,21,26)(H,24,25). The molecule has 1 aromatic heterocycles. The van der Waals surface area contributed by atoms with Crippen LogP contribution >= 0.6 is 22.9 Å². The molecule has 1 fully saturated rings.